The molecule has 6 heteroatoms. The minimum absolute atomic E-state index is 0.0115. The molecule has 172 valence electrons. The van der Waals surface area contributed by atoms with Gasteiger partial charge in [-0.15, -0.1) is 0 Å². The highest BCUT2D eigenvalue weighted by Gasteiger charge is 2.47. The van der Waals surface area contributed by atoms with Gasteiger partial charge in [-0.05, 0) is 35.7 Å². The number of aromatic nitrogens is 1. The molecule has 2 aromatic carbocycles. The molecule has 0 bridgehead atoms. The topological polar surface area (TPSA) is 56.4 Å². The molecule has 33 heavy (non-hydrogen) atoms. The van der Waals surface area contributed by atoms with Gasteiger partial charge in [0.15, 0.2) is 0 Å². The predicted octanol–water partition coefficient (Wildman–Crippen LogP) is 5.48. The Balaban J connectivity index is 1.51. The van der Waals surface area contributed by atoms with Crippen LogP contribution in [0.25, 0.3) is 10.9 Å². The molecule has 1 aromatic heterocycles. The molecule has 5 nitrogen and oxygen atoms in total. The molecule has 1 fully saturated rings. The lowest BCUT2D eigenvalue weighted by molar-refractivity contribution is -0.158. The number of carbonyl (C=O) groups excluding carboxylic acids is 2. The summed E-state index contributed by atoms with van der Waals surface area (Å²) < 4.78 is 0. The van der Waals surface area contributed by atoms with Gasteiger partial charge in [0.1, 0.15) is 6.04 Å². The van der Waals surface area contributed by atoms with E-state index in [1.54, 1.807) is 4.90 Å². The van der Waals surface area contributed by atoms with Crippen LogP contribution in [-0.4, -0.2) is 45.7 Å². The Bertz CT molecular complexity index is 1170. The summed E-state index contributed by atoms with van der Waals surface area (Å²) >= 11 is 6.15. The second-order valence-corrected chi connectivity index (χ2v) is 9.65. The first-order valence-electron chi connectivity index (χ1n) is 12.0. The Morgan fingerprint density at radius 2 is 1.76 bits per heavy atom. The molecule has 5 rings (SSSR count). The molecule has 0 spiro atoms. The Morgan fingerprint density at radius 3 is 2.55 bits per heavy atom. The molecule has 0 saturated carbocycles. The Hall–Kier alpha value is -2.79. The van der Waals surface area contributed by atoms with Crippen molar-refractivity contribution in [3.8, 4) is 0 Å². The van der Waals surface area contributed by atoms with Crippen molar-refractivity contribution in [3.63, 3.8) is 0 Å². The van der Waals surface area contributed by atoms with Crippen molar-refractivity contribution < 1.29 is 9.59 Å². The monoisotopic (exact) mass is 463 g/mol. The van der Waals surface area contributed by atoms with E-state index >= 15 is 0 Å². The van der Waals surface area contributed by atoms with Gasteiger partial charge in [0.25, 0.3) is 0 Å². The van der Waals surface area contributed by atoms with Crippen LogP contribution in [0.15, 0.2) is 48.5 Å². The van der Waals surface area contributed by atoms with Gasteiger partial charge in [-0.2, -0.15) is 0 Å². The van der Waals surface area contributed by atoms with Gasteiger partial charge in [-0.3, -0.25) is 9.59 Å². The molecule has 2 aliphatic rings. The standard InChI is InChI=1S/C27H30ClN3O2/c1-2-3-4-5-8-15-30-17-24(32)31-23(27(30)33)16-21-20-9-6-7-10-22(20)29-25(21)26(31)18-11-13-19(28)14-12-18/h6-7,9-14,23,26,29H,2-5,8,15-17H2,1H3/t23-,26+/m0/s1. The number of unbranched alkanes of at least 4 members (excludes halogenated alkanes) is 4. The van der Waals surface area contributed by atoms with E-state index in [1.165, 1.54) is 19.3 Å². The van der Waals surface area contributed by atoms with Crippen molar-refractivity contribution >= 4 is 34.3 Å². The fraction of sp³-hybridized carbons (Fsp3) is 0.407. The van der Waals surface area contributed by atoms with Crippen LogP contribution in [0.5, 0.6) is 0 Å². The van der Waals surface area contributed by atoms with Crippen LogP contribution >= 0.6 is 11.6 Å². The third kappa shape index (κ3) is 4.04. The number of rotatable bonds is 7. The van der Waals surface area contributed by atoms with E-state index in [0.29, 0.717) is 18.0 Å². The lowest BCUT2D eigenvalue weighted by Gasteiger charge is -2.47. The number of carbonyl (C=O) groups is 2. The smallest absolute Gasteiger partial charge is 0.246 e. The van der Waals surface area contributed by atoms with Crippen LogP contribution in [0, 0.1) is 0 Å². The van der Waals surface area contributed by atoms with E-state index in [2.05, 4.69) is 24.0 Å². The number of para-hydroxylation sites is 1. The third-order valence-electron chi connectivity index (χ3n) is 7.06. The van der Waals surface area contributed by atoms with Gasteiger partial charge in [0, 0.05) is 34.6 Å². The number of halogens is 1. The van der Waals surface area contributed by atoms with Gasteiger partial charge < -0.3 is 14.8 Å². The van der Waals surface area contributed by atoms with Crippen LogP contribution in [-0.2, 0) is 16.0 Å². The number of amides is 2. The first-order valence-corrected chi connectivity index (χ1v) is 12.4. The summed E-state index contributed by atoms with van der Waals surface area (Å²) in [6.45, 7) is 3.01. The third-order valence-corrected chi connectivity index (χ3v) is 7.31. The average molecular weight is 464 g/mol. The van der Waals surface area contributed by atoms with Crippen molar-refractivity contribution in [2.24, 2.45) is 0 Å². The predicted molar refractivity (Wildman–Crippen MR) is 131 cm³/mol. The zero-order valence-electron chi connectivity index (χ0n) is 19.0. The average Bonchev–Trinajstić information content (AvgIpc) is 3.20. The Labute approximate surface area is 199 Å². The van der Waals surface area contributed by atoms with E-state index in [4.69, 9.17) is 11.6 Å². The summed E-state index contributed by atoms with van der Waals surface area (Å²) in [5.74, 6) is 0.0809. The van der Waals surface area contributed by atoms with Crippen molar-refractivity contribution in [1.82, 2.24) is 14.8 Å². The first-order chi connectivity index (χ1) is 16.1. The van der Waals surface area contributed by atoms with Crippen LogP contribution in [0.1, 0.15) is 61.9 Å². The number of aromatic amines is 1. The number of hydrogen-bond acceptors (Lipinski definition) is 2. The van der Waals surface area contributed by atoms with Crippen molar-refractivity contribution in [2.45, 2.75) is 57.5 Å². The maximum atomic E-state index is 13.6. The molecule has 0 radical (unpaired) electrons. The summed E-state index contributed by atoms with van der Waals surface area (Å²) in [4.78, 5) is 34.3. The summed E-state index contributed by atoms with van der Waals surface area (Å²) in [5, 5.41) is 1.78. The van der Waals surface area contributed by atoms with Crippen molar-refractivity contribution in [2.75, 3.05) is 13.1 Å². The van der Waals surface area contributed by atoms with Crippen LogP contribution < -0.4 is 0 Å². The fourth-order valence-corrected chi connectivity index (χ4v) is 5.54. The highest BCUT2D eigenvalue weighted by atomic mass is 35.5. The van der Waals surface area contributed by atoms with Crippen LogP contribution in [0.4, 0.5) is 0 Å². The first kappa shape index (κ1) is 22.0. The zero-order chi connectivity index (χ0) is 22.9. The number of nitrogens with one attached hydrogen (secondary N) is 1. The van der Waals surface area contributed by atoms with Gasteiger partial charge in [-0.1, -0.05) is 74.5 Å². The lowest BCUT2D eigenvalue weighted by Crippen LogP contribution is -2.63. The number of hydrogen-bond donors (Lipinski definition) is 1. The molecule has 0 unspecified atom stereocenters. The number of piperazine rings is 1. The van der Waals surface area contributed by atoms with Gasteiger partial charge in [-0.25, -0.2) is 0 Å². The summed E-state index contributed by atoms with van der Waals surface area (Å²) in [7, 11) is 0. The second kappa shape index (κ2) is 9.22. The molecule has 2 atom stereocenters. The van der Waals surface area contributed by atoms with Gasteiger partial charge >= 0.3 is 0 Å². The molecule has 2 aliphatic heterocycles. The molecule has 3 aromatic rings. The van der Waals surface area contributed by atoms with E-state index in [9.17, 15) is 9.59 Å². The minimum Gasteiger partial charge on any atom is -0.356 e. The Morgan fingerprint density at radius 1 is 1.00 bits per heavy atom. The highest BCUT2D eigenvalue weighted by molar-refractivity contribution is 6.30. The number of nitrogens with zero attached hydrogens (tertiary/aromatic N) is 2. The molecule has 1 saturated heterocycles. The number of H-pyrrole nitrogens is 1. The van der Waals surface area contributed by atoms with E-state index in [-0.39, 0.29) is 24.4 Å². The minimum atomic E-state index is -0.478. The lowest BCUT2D eigenvalue weighted by atomic mass is 9.86. The van der Waals surface area contributed by atoms with Gasteiger partial charge in [0.05, 0.1) is 12.6 Å². The van der Waals surface area contributed by atoms with Gasteiger partial charge in [0.2, 0.25) is 11.8 Å². The van der Waals surface area contributed by atoms with Crippen molar-refractivity contribution in [3.05, 3.63) is 70.4 Å². The van der Waals surface area contributed by atoms with Crippen LogP contribution in [0.3, 0.4) is 0 Å². The second-order valence-electron chi connectivity index (χ2n) is 9.21. The van der Waals surface area contributed by atoms with E-state index < -0.39 is 6.04 Å². The largest absolute Gasteiger partial charge is 0.356 e. The highest BCUT2D eigenvalue weighted by Crippen LogP contribution is 2.42. The summed E-state index contributed by atoms with van der Waals surface area (Å²) in [5.41, 5.74) is 4.14. The van der Waals surface area contributed by atoms with E-state index in [1.807, 2.05) is 41.3 Å². The molecular weight excluding hydrogens is 434 g/mol. The quantitative estimate of drug-likeness (QED) is 0.472. The molecule has 2 amide bonds. The Kier molecular flexibility index (Phi) is 6.15. The SMILES string of the molecule is CCCCCCCN1CC(=O)N2[C@H](c3ccc(Cl)cc3)c3[nH]c4ccccc4c3C[C@H]2C1=O. The van der Waals surface area contributed by atoms with Crippen molar-refractivity contribution in [1.29, 1.82) is 0 Å². The molecular formula is C27H30ClN3O2. The number of fused-ring (bicyclic) bond motifs is 4. The normalized spacial score (nSPS) is 20.3. The molecule has 1 N–H and O–H groups in total. The maximum Gasteiger partial charge on any atom is 0.246 e. The molecule has 0 aliphatic carbocycles. The molecule has 3 heterocycles. The van der Waals surface area contributed by atoms with Crippen LogP contribution in [0.2, 0.25) is 5.02 Å². The summed E-state index contributed by atoms with van der Waals surface area (Å²) in [6.07, 6.45) is 6.18. The van der Waals surface area contributed by atoms with E-state index in [0.717, 1.165) is 40.6 Å². The zero-order valence-corrected chi connectivity index (χ0v) is 19.8. The summed E-state index contributed by atoms with van der Waals surface area (Å²) in [6, 6.07) is 15.0. The number of benzene rings is 2. The maximum absolute atomic E-state index is 13.6. The fourth-order valence-electron chi connectivity index (χ4n) is 5.41.